The minimum atomic E-state index is 0.744. The molecule has 0 radical (unpaired) electrons. The zero-order valence-electron chi connectivity index (χ0n) is 8.06. The molecule has 2 nitrogen and oxygen atoms in total. The van der Waals surface area contributed by atoms with Gasteiger partial charge >= 0.3 is 0 Å². The number of nitrogens with one attached hydrogen (secondary N) is 1. The Morgan fingerprint density at radius 1 is 1.27 bits per heavy atom. The van der Waals surface area contributed by atoms with Crippen LogP contribution in [0.15, 0.2) is 0 Å². The Morgan fingerprint density at radius 2 is 1.91 bits per heavy atom. The molecule has 0 aromatic heterocycles. The summed E-state index contributed by atoms with van der Waals surface area (Å²) in [4.78, 5) is 0. The highest BCUT2D eigenvalue weighted by molar-refractivity contribution is 4.59. The van der Waals surface area contributed by atoms with Crippen LogP contribution in [0.5, 0.6) is 0 Å². The number of nitrogens with two attached hydrogens (primary N) is 1. The van der Waals surface area contributed by atoms with Crippen LogP contribution < -0.4 is 11.1 Å². The fraction of sp³-hybridized carbons (Fsp3) is 1.00. The summed E-state index contributed by atoms with van der Waals surface area (Å²) in [5, 5.41) is 3.32. The van der Waals surface area contributed by atoms with Crippen molar-refractivity contribution in [2.24, 2.45) is 17.6 Å². The molecule has 0 saturated carbocycles. The Bertz CT molecular complexity index is 81.6. The van der Waals surface area contributed by atoms with Crippen LogP contribution in [0, 0.1) is 11.8 Å². The molecule has 0 aliphatic rings. The molecule has 0 bridgehead atoms. The monoisotopic (exact) mass is 158 g/mol. The maximum atomic E-state index is 5.35. The predicted molar refractivity (Wildman–Crippen MR) is 50.5 cm³/mol. The molecule has 0 unspecified atom stereocenters. The quantitative estimate of drug-likeness (QED) is 0.570. The molecule has 0 spiro atoms. The van der Waals surface area contributed by atoms with Gasteiger partial charge in [-0.05, 0) is 24.8 Å². The number of rotatable bonds is 6. The van der Waals surface area contributed by atoms with Crippen LogP contribution in [-0.2, 0) is 0 Å². The summed E-state index contributed by atoms with van der Waals surface area (Å²) in [7, 11) is 0. The lowest BCUT2D eigenvalue weighted by molar-refractivity contribution is 0.416. The molecule has 0 amide bonds. The first-order valence-electron chi connectivity index (χ1n) is 4.57. The van der Waals surface area contributed by atoms with Gasteiger partial charge in [-0.2, -0.15) is 0 Å². The van der Waals surface area contributed by atoms with E-state index in [1.807, 2.05) is 0 Å². The zero-order valence-corrected chi connectivity index (χ0v) is 8.06. The molecule has 0 heterocycles. The minimum absolute atomic E-state index is 0.744. The summed E-state index contributed by atoms with van der Waals surface area (Å²) in [6, 6.07) is 0. The fourth-order valence-corrected chi connectivity index (χ4v) is 1.34. The van der Waals surface area contributed by atoms with Crippen molar-refractivity contribution in [3.05, 3.63) is 0 Å². The Morgan fingerprint density at radius 3 is 2.36 bits per heavy atom. The van der Waals surface area contributed by atoms with E-state index in [0.29, 0.717) is 0 Å². The summed E-state index contributed by atoms with van der Waals surface area (Å²) in [5.74, 6) is 1.59. The largest absolute Gasteiger partial charge is 0.329 e. The molecule has 0 aromatic carbocycles. The molecular formula is C9H22N2. The van der Waals surface area contributed by atoms with Crippen molar-refractivity contribution < 1.29 is 0 Å². The Kier molecular flexibility index (Phi) is 6.57. The average Bonchev–Trinajstić information content (AvgIpc) is 1.86. The van der Waals surface area contributed by atoms with Crippen LogP contribution >= 0.6 is 0 Å². The van der Waals surface area contributed by atoms with E-state index in [4.69, 9.17) is 5.73 Å². The van der Waals surface area contributed by atoms with Gasteiger partial charge in [0, 0.05) is 13.1 Å². The first-order chi connectivity index (χ1) is 5.16. The highest BCUT2D eigenvalue weighted by atomic mass is 14.9. The highest BCUT2D eigenvalue weighted by Gasteiger charge is 2.03. The molecule has 1 atom stereocenters. The maximum absolute atomic E-state index is 5.35. The summed E-state index contributed by atoms with van der Waals surface area (Å²) in [6.45, 7) is 9.61. The van der Waals surface area contributed by atoms with Crippen LogP contribution in [0.2, 0.25) is 0 Å². The average molecular weight is 158 g/mol. The van der Waals surface area contributed by atoms with Gasteiger partial charge in [0.2, 0.25) is 0 Å². The molecule has 0 aromatic rings. The van der Waals surface area contributed by atoms with Crippen LogP contribution in [0.3, 0.4) is 0 Å². The molecule has 0 aliphatic carbocycles. The number of hydrogen-bond donors (Lipinski definition) is 2. The fourth-order valence-electron chi connectivity index (χ4n) is 1.34. The Hall–Kier alpha value is -0.0800. The highest BCUT2D eigenvalue weighted by Crippen LogP contribution is 2.08. The van der Waals surface area contributed by atoms with Crippen LogP contribution in [-0.4, -0.2) is 19.6 Å². The predicted octanol–water partition coefficient (Wildman–Crippen LogP) is 1.22. The van der Waals surface area contributed by atoms with E-state index in [1.165, 1.54) is 6.42 Å². The van der Waals surface area contributed by atoms with Gasteiger partial charge in [-0.25, -0.2) is 0 Å². The maximum Gasteiger partial charge on any atom is 0.00746 e. The second-order valence-corrected chi connectivity index (χ2v) is 3.73. The normalized spacial score (nSPS) is 13.9. The zero-order chi connectivity index (χ0) is 8.69. The summed E-state index contributed by atoms with van der Waals surface area (Å²) in [6.07, 6.45) is 1.30. The van der Waals surface area contributed by atoms with E-state index in [2.05, 4.69) is 26.1 Å². The van der Waals surface area contributed by atoms with Crippen LogP contribution in [0.25, 0.3) is 0 Å². The first-order valence-corrected chi connectivity index (χ1v) is 4.57. The molecule has 2 heteroatoms. The Balaban J connectivity index is 3.15. The van der Waals surface area contributed by atoms with Gasteiger partial charge in [0.25, 0.3) is 0 Å². The number of hydrogen-bond acceptors (Lipinski definition) is 2. The van der Waals surface area contributed by atoms with E-state index >= 15 is 0 Å². The molecule has 3 N–H and O–H groups in total. The SMILES string of the molecule is CC(C)C[C@H](C)CNCCN. The van der Waals surface area contributed by atoms with Gasteiger partial charge in [0.15, 0.2) is 0 Å². The van der Waals surface area contributed by atoms with Gasteiger partial charge < -0.3 is 11.1 Å². The van der Waals surface area contributed by atoms with Gasteiger partial charge in [-0.1, -0.05) is 20.8 Å². The van der Waals surface area contributed by atoms with Gasteiger partial charge in [-0.3, -0.25) is 0 Å². The third kappa shape index (κ3) is 7.82. The van der Waals surface area contributed by atoms with Crippen molar-refractivity contribution in [2.75, 3.05) is 19.6 Å². The lowest BCUT2D eigenvalue weighted by Gasteiger charge is -2.13. The van der Waals surface area contributed by atoms with E-state index in [-0.39, 0.29) is 0 Å². The minimum Gasteiger partial charge on any atom is -0.329 e. The topological polar surface area (TPSA) is 38.0 Å². The van der Waals surface area contributed by atoms with Crippen LogP contribution in [0.4, 0.5) is 0 Å². The molecule has 0 aliphatic heterocycles. The second kappa shape index (κ2) is 6.62. The van der Waals surface area contributed by atoms with Gasteiger partial charge in [0.05, 0.1) is 0 Å². The van der Waals surface area contributed by atoms with Crippen molar-refractivity contribution in [3.8, 4) is 0 Å². The van der Waals surface area contributed by atoms with Gasteiger partial charge in [-0.15, -0.1) is 0 Å². The molecular weight excluding hydrogens is 136 g/mol. The molecule has 68 valence electrons. The summed E-state index contributed by atoms with van der Waals surface area (Å²) < 4.78 is 0. The van der Waals surface area contributed by atoms with Crippen molar-refractivity contribution in [1.82, 2.24) is 5.32 Å². The summed E-state index contributed by atoms with van der Waals surface area (Å²) in [5.41, 5.74) is 5.35. The second-order valence-electron chi connectivity index (χ2n) is 3.73. The van der Waals surface area contributed by atoms with E-state index in [9.17, 15) is 0 Å². The Labute approximate surface area is 70.5 Å². The van der Waals surface area contributed by atoms with E-state index in [1.54, 1.807) is 0 Å². The molecule has 0 fully saturated rings. The molecule has 0 rings (SSSR count). The van der Waals surface area contributed by atoms with E-state index < -0.39 is 0 Å². The third-order valence-electron chi connectivity index (χ3n) is 1.69. The van der Waals surface area contributed by atoms with Crippen molar-refractivity contribution in [3.63, 3.8) is 0 Å². The molecule has 0 saturated heterocycles. The third-order valence-corrected chi connectivity index (χ3v) is 1.69. The summed E-state index contributed by atoms with van der Waals surface area (Å²) >= 11 is 0. The molecule has 11 heavy (non-hydrogen) atoms. The van der Waals surface area contributed by atoms with Crippen molar-refractivity contribution >= 4 is 0 Å². The van der Waals surface area contributed by atoms with Gasteiger partial charge in [0.1, 0.15) is 0 Å². The smallest absolute Gasteiger partial charge is 0.00746 e. The lowest BCUT2D eigenvalue weighted by Crippen LogP contribution is -2.27. The van der Waals surface area contributed by atoms with E-state index in [0.717, 1.165) is 31.5 Å². The van der Waals surface area contributed by atoms with Crippen LogP contribution in [0.1, 0.15) is 27.2 Å². The van der Waals surface area contributed by atoms with Crippen molar-refractivity contribution in [1.29, 1.82) is 0 Å². The van der Waals surface area contributed by atoms with Crippen molar-refractivity contribution in [2.45, 2.75) is 27.2 Å². The first kappa shape index (κ1) is 10.9. The lowest BCUT2D eigenvalue weighted by atomic mass is 9.99. The standard InChI is InChI=1S/C9H22N2/c1-8(2)6-9(3)7-11-5-4-10/h8-9,11H,4-7,10H2,1-3H3/t9-/m0/s1.